The van der Waals surface area contributed by atoms with Gasteiger partial charge in [0.05, 0.1) is 11.6 Å². The molecule has 216 valence electrons. The summed E-state index contributed by atoms with van der Waals surface area (Å²) in [5.74, 6) is -1.72. The summed E-state index contributed by atoms with van der Waals surface area (Å²) in [4.78, 5) is 41.7. The molecule has 1 heterocycles. The molecule has 3 atom stereocenters. The second kappa shape index (κ2) is 12.5. The lowest BCUT2D eigenvalue weighted by Gasteiger charge is -2.32. The molecule has 3 unspecified atom stereocenters. The third-order valence-corrected chi connectivity index (χ3v) is 7.59. The second-order valence-corrected chi connectivity index (χ2v) is 10.9. The van der Waals surface area contributed by atoms with E-state index in [4.69, 9.17) is 4.74 Å². The van der Waals surface area contributed by atoms with Gasteiger partial charge in [0.25, 0.3) is 11.8 Å². The molecule has 4 N–H and O–H groups in total. The highest BCUT2D eigenvalue weighted by Crippen LogP contribution is 2.29. The molecule has 0 radical (unpaired) electrons. The van der Waals surface area contributed by atoms with Gasteiger partial charge >= 0.3 is 0 Å². The van der Waals surface area contributed by atoms with Gasteiger partial charge in [0.2, 0.25) is 5.91 Å². The Balaban J connectivity index is 1.56. The predicted molar refractivity (Wildman–Crippen MR) is 154 cm³/mol. The Labute approximate surface area is 240 Å². The lowest BCUT2D eigenvalue weighted by molar-refractivity contribution is -0.147. The van der Waals surface area contributed by atoms with E-state index >= 15 is 0 Å². The number of rotatable bonds is 9. The zero-order chi connectivity index (χ0) is 29.7. The highest BCUT2D eigenvalue weighted by molar-refractivity contribution is 5.97. The second-order valence-electron chi connectivity index (χ2n) is 10.9. The fourth-order valence-electron chi connectivity index (χ4n) is 5.07. The third kappa shape index (κ3) is 6.75. The molecule has 1 aliphatic rings. The number of nitrogens with zero attached hydrogens (tertiary/aromatic N) is 1. The Morgan fingerprint density at radius 1 is 1.00 bits per heavy atom. The Morgan fingerprint density at radius 2 is 1.68 bits per heavy atom. The average Bonchev–Trinajstić information content (AvgIpc) is 3.28. The van der Waals surface area contributed by atoms with E-state index in [0.717, 1.165) is 16.7 Å². The molecular formula is C32H37N3O6. The number of carbonyl (C=O) groups excluding carboxylic acids is 3. The van der Waals surface area contributed by atoms with E-state index in [1.807, 2.05) is 61.5 Å². The summed E-state index contributed by atoms with van der Waals surface area (Å²) in [6, 6.07) is 19.4. The average molecular weight is 560 g/mol. The summed E-state index contributed by atoms with van der Waals surface area (Å²) < 4.78 is 5.83. The van der Waals surface area contributed by atoms with E-state index in [0.29, 0.717) is 5.56 Å². The number of phenols is 1. The minimum Gasteiger partial charge on any atom is -0.508 e. The van der Waals surface area contributed by atoms with Crippen molar-refractivity contribution in [3.63, 3.8) is 0 Å². The molecule has 1 aliphatic heterocycles. The van der Waals surface area contributed by atoms with E-state index in [2.05, 4.69) is 10.6 Å². The van der Waals surface area contributed by atoms with Crippen LogP contribution in [0.15, 0.2) is 72.8 Å². The molecule has 0 saturated carbocycles. The number of nitrogens with one attached hydrogen (secondary N) is 2. The van der Waals surface area contributed by atoms with E-state index in [9.17, 15) is 24.6 Å². The number of benzene rings is 3. The van der Waals surface area contributed by atoms with Crippen molar-refractivity contribution in [2.75, 3.05) is 6.73 Å². The topological polar surface area (TPSA) is 128 Å². The third-order valence-electron chi connectivity index (χ3n) is 7.59. The van der Waals surface area contributed by atoms with Crippen molar-refractivity contribution in [1.82, 2.24) is 15.5 Å². The van der Waals surface area contributed by atoms with E-state index in [-0.39, 0.29) is 31.0 Å². The maximum Gasteiger partial charge on any atom is 0.256 e. The minimum atomic E-state index is -1.68. The molecule has 0 aromatic heterocycles. The summed E-state index contributed by atoms with van der Waals surface area (Å²) in [5.41, 5.74) is 2.36. The van der Waals surface area contributed by atoms with Crippen LogP contribution in [0.25, 0.3) is 0 Å². The standard InChI is InChI=1S/C32H37N3O6/c1-20-11-8-9-14-23(20)18-33-30(39)28-32(3,4)41-19-35(28)31(40)27(37)25(17-22-12-6-5-7-13-22)34-29(38)24-15-10-16-26(36)21(24)2/h5-16,25,27-28,36-37H,17-19H2,1-4H3,(H,33,39)(H,34,38). The number of ether oxygens (including phenoxy) is 1. The molecule has 41 heavy (non-hydrogen) atoms. The van der Waals surface area contributed by atoms with Gasteiger partial charge in [0, 0.05) is 17.7 Å². The highest BCUT2D eigenvalue weighted by Gasteiger charge is 2.50. The predicted octanol–water partition coefficient (Wildman–Crippen LogP) is 2.99. The Morgan fingerprint density at radius 3 is 2.39 bits per heavy atom. The first-order valence-corrected chi connectivity index (χ1v) is 13.6. The number of carbonyl (C=O) groups is 3. The van der Waals surface area contributed by atoms with E-state index < -0.39 is 41.5 Å². The first-order valence-electron chi connectivity index (χ1n) is 13.6. The molecule has 3 aromatic rings. The molecule has 9 heteroatoms. The number of aliphatic hydroxyl groups is 1. The summed E-state index contributed by atoms with van der Waals surface area (Å²) in [5, 5.41) is 27.2. The molecule has 3 aromatic carbocycles. The zero-order valence-electron chi connectivity index (χ0n) is 23.8. The lowest BCUT2D eigenvalue weighted by Crippen LogP contribution is -2.58. The number of amides is 3. The maximum atomic E-state index is 13.8. The van der Waals surface area contributed by atoms with Gasteiger partial charge in [0.15, 0.2) is 6.10 Å². The van der Waals surface area contributed by atoms with Crippen molar-refractivity contribution in [3.8, 4) is 5.75 Å². The van der Waals surface area contributed by atoms with Crippen LogP contribution in [0.4, 0.5) is 0 Å². The number of aromatic hydroxyl groups is 1. The van der Waals surface area contributed by atoms with Crippen LogP contribution < -0.4 is 10.6 Å². The van der Waals surface area contributed by atoms with Gasteiger partial charge in [0.1, 0.15) is 18.5 Å². The van der Waals surface area contributed by atoms with E-state index in [1.165, 1.54) is 11.0 Å². The largest absolute Gasteiger partial charge is 0.508 e. The number of aryl methyl sites for hydroxylation is 1. The number of hydrogen-bond donors (Lipinski definition) is 4. The van der Waals surface area contributed by atoms with Crippen molar-refractivity contribution >= 4 is 17.7 Å². The van der Waals surface area contributed by atoms with Gasteiger partial charge in [-0.1, -0.05) is 60.7 Å². The minimum absolute atomic E-state index is 0.0371. The molecule has 4 rings (SSSR count). The molecule has 0 bridgehead atoms. The first-order chi connectivity index (χ1) is 19.5. The van der Waals surface area contributed by atoms with E-state index in [1.54, 1.807) is 32.9 Å². The number of hydrogen-bond acceptors (Lipinski definition) is 6. The van der Waals surface area contributed by atoms with Gasteiger partial charge in [-0.05, 0) is 62.9 Å². The molecule has 3 amide bonds. The molecule has 0 aliphatic carbocycles. The maximum absolute atomic E-state index is 13.8. The van der Waals surface area contributed by atoms with Crippen molar-refractivity contribution in [3.05, 3.63) is 101 Å². The number of phenolic OH excluding ortho intramolecular Hbond substituents is 1. The highest BCUT2D eigenvalue weighted by atomic mass is 16.5. The summed E-state index contributed by atoms with van der Waals surface area (Å²) in [6.45, 7) is 7.09. The van der Waals surface area contributed by atoms with Crippen LogP contribution in [-0.4, -0.2) is 63.4 Å². The Hall–Kier alpha value is -4.21. The lowest BCUT2D eigenvalue weighted by atomic mass is 9.95. The number of aliphatic hydroxyl groups excluding tert-OH is 1. The fourth-order valence-corrected chi connectivity index (χ4v) is 5.07. The normalized spacial score (nSPS) is 17.5. The zero-order valence-corrected chi connectivity index (χ0v) is 23.8. The van der Waals surface area contributed by atoms with Crippen LogP contribution in [0.3, 0.4) is 0 Å². The van der Waals surface area contributed by atoms with Crippen LogP contribution >= 0.6 is 0 Å². The van der Waals surface area contributed by atoms with Crippen LogP contribution in [0.5, 0.6) is 5.75 Å². The van der Waals surface area contributed by atoms with Gasteiger partial charge in [-0.3, -0.25) is 14.4 Å². The van der Waals surface area contributed by atoms with Crippen molar-refractivity contribution in [1.29, 1.82) is 0 Å². The summed E-state index contributed by atoms with van der Waals surface area (Å²) >= 11 is 0. The van der Waals surface area contributed by atoms with Gasteiger partial charge in [-0.2, -0.15) is 0 Å². The fraction of sp³-hybridized carbons (Fsp3) is 0.344. The monoisotopic (exact) mass is 559 g/mol. The van der Waals surface area contributed by atoms with Gasteiger partial charge in [-0.15, -0.1) is 0 Å². The van der Waals surface area contributed by atoms with Crippen molar-refractivity contribution in [2.24, 2.45) is 0 Å². The molecule has 0 spiro atoms. The van der Waals surface area contributed by atoms with Crippen LogP contribution in [0.1, 0.15) is 46.5 Å². The van der Waals surface area contributed by atoms with Gasteiger partial charge in [-0.25, -0.2) is 0 Å². The molecular weight excluding hydrogens is 522 g/mol. The van der Waals surface area contributed by atoms with Crippen molar-refractivity contribution in [2.45, 2.75) is 64.4 Å². The van der Waals surface area contributed by atoms with Gasteiger partial charge < -0.3 is 30.5 Å². The Bertz CT molecular complexity index is 1410. The van der Waals surface area contributed by atoms with Crippen LogP contribution in [0.2, 0.25) is 0 Å². The summed E-state index contributed by atoms with van der Waals surface area (Å²) in [7, 11) is 0. The van der Waals surface area contributed by atoms with Crippen molar-refractivity contribution < 1.29 is 29.3 Å². The van der Waals surface area contributed by atoms with Crippen LogP contribution in [-0.2, 0) is 27.3 Å². The molecule has 1 fully saturated rings. The quantitative estimate of drug-likeness (QED) is 0.319. The molecule has 9 nitrogen and oxygen atoms in total. The smallest absolute Gasteiger partial charge is 0.256 e. The van der Waals surface area contributed by atoms with Crippen LogP contribution in [0, 0.1) is 13.8 Å². The summed E-state index contributed by atoms with van der Waals surface area (Å²) in [6.07, 6.45) is -1.53. The first kappa shape index (κ1) is 29.8. The Kier molecular flexibility index (Phi) is 9.10. The SMILES string of the molecule is Cc1ccccc1CNC(=O)C1N(C(=O)C(O)C(Cc2ccccc2)NC(=O)c2cccc(O)c2C)COC1(C)C. The molecule has 1 saturated heterocycles.